The first-order valence-corrected chi connectivity index (χ1v) is 7.36. The van der Waals surface area contributed by atoms with E-state index in [9.17, 15) is 14.4 Å². The minimum Gasteiger partial charge on any atom is -0.481 e. The number of hydrogen-bond acceptors (Lipinski definition) is 3. The summed E-state index contributed by atoms with van der Waals surface area (Å²) in [5, 5.41) is 11.6. The Balaban J connectivity index is 2.78. The van der Waals surface area contributed by atoms with Crippen LogP contribution in [0.5, 0.6) is 0 Å². The number of aryl methyl sites for hydroxylation is 1. The highest BCUT2D eigenvalue weighted by Gasteiger charge is 2.25. The van der Waals surface area contributed by atoms with E-state index >= 15 is 0 Å². The van der Waals surface area contributed by atoms with Crippen molar-refractivity contribution in [1.82, 2.24) is 4.90 Å². The van der Waals surface area contributed by atoms with Crippen LogP contribution in [0, 0.1) is 12.3 Å². The number of hydrogen-bond donors (Lipinski definition) is 2. The Hall–Kier alpha value is -2.37. The van der Waals surface area contributed by atoms with Crippen LogP contribution in [0.25, 0.3) is 0 Å². The molecule has 23 heavy (non-hydrogen) atoms. The zero-order chi connectivity index (χ0) is 17.8. The van der Waals surface area contributed by atoms with Crippen molar-refractivity contribution in [2.24, 2.45) is 5.41 Å². The fraction of sp³-hybridized carbons (Fsp3) is 0.471. The van der Waals surface area contributed by atoms with E-state index in [2.05, 4.69) is 5.32 Å². The van der Waals surface area contributed by atoms with Crippen LogP contribution in [0.4, 0.5) is 5.69 Å². The Morgan fingerprint density at radius 3 is 2.26 bits per heavy atom. The van der Waals surface area contributed by atoms with Gasteiger partial charge in [0, 0.05) is 31.8 Å². The third-order valence-corrected chi connectivity index (χ3v) is 3.42. The standard InChI is InChI=1S/C17H24N2O4/c1-11-8-12(6-7-13(11)16(23)19(4)5)18-14(20)9-17(2,3)10-15(21)22/h6-8H,9-10H2,1-5H3,(H,18,20)(H,21,22). The Morgan fingerprint density at radius 2 is 1.78 bits per heavy atom. The number of carbonyl (C=O) groups excluding carboxylic acids is 2. The molecule has 0 atom stereocenters. The topological polar surface area (TPSA) is 86.7 Å². The summed E-state index contributed by atoms with van der Waals surface area (Å²) in [5.74, 6) is -1.27. The number of nitrogens with one attached hydrogen (secondary N) is 1. The molecule has 1 aromatic carbocycles. The number of aliphatic carboxylic acids is 1. The summed E-state index contributed by atoms with van der Waals surface area (Å²) in [5.41, 5.74) is 1.32. The number of rotatable bonds is 6. The third kappa shape index (κ3) is 5.73. The van der Waals surface area contributed by atoms with Crippen molar-refractivity contribution in [2.45, 2.75) is 33.6 Å². The van der Waals surface area contributed by atoms with Crippen molar-refractivity contribution in [2.75, 3.05) is 19.4 Å². The van der Waals surface area contributed by atoms with Crippen LogP contribution in [-0.2, 0) is 9.59 Å². The lowest BCUT2D eigenvalue weighted by atomic mass is 9.85. The number of nitrogens with zero attached hydrogens (tertiary/aromatic N) is 1. The maximum atomic E-state index is 12.1. The minimum absolute atomic E-state index is 0.0737. The van der Waals surface area contributed by atoms with Crippen molar-refractivity contribution in [3.05, 3.63) is 29.3 Å². The first kappa shape index (κ1) is 18.7. The van der Waals surface area contributed by atoms with Crippen LogP contribution in [0.15, 0.2) is 18.2 Å². The molecule has 2 amide bonds. The summed E-state index contributed by atoms with van der Waals surface area (Å²) in [6.45, 7) is 5.29. The van der Waals surface area contributed by atoms with E-state index in [1.54, 1.807) is 53.1 Å². The maximum Gasteiger partial charge on any atom is 0.303 e. The predicted molar refractivity (Wildman–Crippen MR) is 88.5 cm³/mol. The van der Waals surface area contributed by atoms with Gasteiger partial charge in [0.1, 0.15) is 0 Å². The molecule has 0 radical (unpaired) electrons. The van der Waals surface area contributed by atoms with Crippen molar-refractivity contribution in [3.8, 4) is 0 Å². The molecule has 0 unspecified atom stereocenters. The molecule has 2 N–H and O–H groups in total. The van der Waals surface area contributed by atoms with Gasteiger partial charge in [-0.15, -0.1) is 0 Å². The quantitative estimate of drug-likeness (QED) is 0.843. The van der Waals surface area contributed by atoms with Gasteiger partial charge in [0.25, 0.3) is 5.91 Å². The highest BCUT2D eigenvalue weighted by Crippen LogP contribution is 2.26. The normalized spacial score (nSPS) is 11.0. The molecule has 0 saturated carbocycles. The number of carboxylic acid groups (broad SMARTS) is 1. The molecule has 6 nitrogen and oxygen atoms in total. The summed E-state index contributed by atoms with van der Waals surface area (Å²) >= 11 is 0. The molecular weight excluding hydrogens is 296 g/mol. The average molecular weight is 320 g/mol. The molecule has 0 fully saturated rings. The summed E-state index contributed by atoms with van der Waals surface area (Å²) in [6.07, 6.45) is 0.0342. The number of amides is 2. The van der Waals surface area contributed by atoms with Gasteiger partial charge in [-0.25, -0.2) is 0 Å². The smallest absolute Gasteiger partial charge is 0.303 e. The number of carbonyl (C=O) groups is 3. The highest BCUT2D eigenvalue weighted by atomic mass is 16.4. The largest absolute Gasteiger partial charge is 0.481 e. The number of benzene rings is 1. The molecule has 0 aliphatic heterocycles. The number of carboxylic acids is 1. The van der Waals surface area contributed by atoms with Gasteiger partial charge < -0.3 is 15.3 Å². The second kappa shape index (κ2) is 7.26. The lowest BCUT2D eigenvalue weighted by Gasteiger charge is -2.21. The van der Waals surface area contributed by atoms with Gasteiger partial charge >= 0.3 is 5.97 Å². The van der Waals surface area contributed by atoms with Crippen molar-refractivity contribution < 1.29 is 19.5 Å². The monoisotopic (exact) mass is 320 g/mol. The second-order valence-corrected chi connectivity index (χ2v) is 6.69. The number of anilines is 1. The Kier molecular flexibility index (Phi) is 5.90. The van der Waals surface area contributed by atoms with Crippen molar-refractivity contribution in [1.29, 1.82) is 0 Å². The maximum absolute atomic E-state index is 12.1. The molecule has 126 valence electrons. The van der Waals surface area contributed by atoms with Gasteiger partial charge in [0.2, 0.25) is 5.91 Å². The third-order valence-electron chi connectivity index (χ3n) is 3.42. The first-order chi connectivity index (χ1) is 10.5. The van der Waals surface area contributed by atoms with E-state index in [0.29, 0.717) is 11.3 Å². The zero-order valence-electron chi connectivity index (χ0n) is 14.3. The van der Waals surface area contributed by atoms with Gasteiger partial charge in [0.05, 0.1) is 6.42 Å². The summed E-state index contributed by atoms with van der Waals surface area (Å²) in [7, 11) is 3.37. The SMILES string of the molecule is Cc1cc(NC(=O)CC(C)(C)CC(=O)O)ccc1C(=O)N(C)C. The van der Waals surface area contributed by atoms with Gasteiger partial charge in [-0.1, -0.05) is 13.8 Å². The first-order valence-electron chi connectivity index (χ1n) is 7.36. The van der Waals surface area contributed by atoms with E-state index in [0.717, 1.165) is 5.56 Å². The van der Waals surface area contributed by atoms with Gasteiger partial charge in [-0.3, -0.25) is 14.4 Å². The Bertz CT molecular complexity index is 621. The molecule has 0 aromatic heterocycles. The minimum atomic E-state index is -0.926. The van der Waals surface area contributed by atoms with E-state index < -0.39 is 11.4 Å². The average Bonchev–Trinajstić information content (AvgIpc) is 2.35. The molecule has 0 saturated heterocycles. The molecule has 6 heteroatoms. The summed E-state index contributed by atoms with van der Waals surface area (Å²) < 4.78 is 0. The van der Waals surface area contributed by atoms with Crippen molar-refractivity contribution >= 4 is 23.5 Å². The molecular formula is C17H24N2O4. The molecule has 1 aromatic rings. The predicted octanol–water partition coefficient (Wildman–Crippen LogP) is 2.53. The fourth-order valence-corrected chi connectivity index (χ4v) is 2.33. The van der Waals surface area contributed by atoms with E-state index in [1.807, 2.05) is 0 Å². The van der Waals surface area contributed by atoms with Crippen molar-refractivity contribution in [3.63, 3.8) is 0 Å². The Morgan fingerprint density at radius 1 is 1.17 bits per heavy atom. The molecule has 1 rings (SSSR count). The Labute approximate surface area is 136 Å². The molecule has 0 spiro atoms. The lowest BCUT2D eigenvalue weighted by molar-refractivity contribution is -0.139. The van der Waals surface area contributed by atoms with Crippen LogP contribution in [0.1, 0.15) is 42.6 Å². The van der Waals surface area contributed by atoms with Crippen LogP contribution >= 0.6 is 0 Å². The van der Waals surface area contributed by atoms with Crippen LogP contribution < -0.4 is 5.32 Å². The van der Waals surface area contributed by atoms with Gasteiger partial charge in [-0.2, -0.15) is 0 Å². The van der Waals surface area contributed by atoms with Crippen LogP contribution in [-0.4, -0.2) is 41.9 Å². The highest BCUT2D eigenvalue weighted by molar-refractivity contribution is 5.97. The molecule has 0 heterocycles. The molecule has 0 bridgehead atoms. The van der Waals surface area contributed by atoms with E-state index in [4.69, 9.17) is 5.11 Å². The zero-order valence-corrected chi connectivity index (χ0v) is 14.3. The van der Waals surface area contributed by atoms with E-state index in [1.165, 1.54) is 4.90 Å². The summed E-state index contributed by atoms with van der Waals surface area (Å²) in [4.78, 5) is 36.3. The molecule has 0 aliphatic carbocycles. The van der Waals surface area contributed by atoms with Gasteiger partial charge in [0.15, 0.2) is 0 Å². The second-order valence-electron chi connectivity index (χ2n) is 6.69. The van der Waals surface area contributed by atoms with Crippen LogP contribution in [0.3, 0.4) is 0 Å². The lowest BCUT2D eigenvalue weighted by Crippen LogP contribution is -2.25. The fourth-order valence-electron chi connectivity index (χ4n) is 2.33. The summed E-state index contributed by atoms with van der Waals surface area (Å²) in [6, 6.07) is 5.08. The molecule has 0 aliphatic rings. The van der Waals surface area contributed by atoms with E-state index in [-0.39, 0.29) is 24.7 Å². The van der Waals surface area contributed by atoms with Crippen LogP contribution in [0.2, 0.25) is 0 Å². The van der Waals surface area contributed by atoms with Gasteiger partial charge in [-0.05, 0) is 36.1 Å².